The molecule has 3 heteroatoms. The largest absolute Gasteiger partial charge is 0.305 e. The average molecular weight is 172 g/mol. The van der Waals surface area contributed by atoms with E-state index in [1.165, 1.54) is 0 Å². The van der Waals surface area contributed by atoms with Crippen molar-refractivity contribution in [1.29, 1.82) is 0 Å². The molecular formula is C8H12O2S. The summed E-state index contributed by atoms with van der Waals surface area (Å²) in [7, 11) is 0. The quantitative estimate of drug-likeness (QED) is 0.481. The summed E-state index contributed by atoms with van der Waals surface area (Å²) in [5, 5.41) is 0. The number of hydrogen-bond acceptors (Lipinski definition) is 1. The molecule has 2 nitrogen and oxygen atoms in total. The molecule has 0 aromatic heterocycles. The van der Waals surface area contributed by atoms with Crippen molar-refractivity contribution < 1.29 is 8.76 Å². The lowest BCUT2D eigenvalue weighted by Gasteiger charge is -2.28. The third kappa shape index (κ3) is 1.63. The predicted octanol–water partition coefficient (Wildman–Crippen LogP) is 1.54. The van der Waals surface area contributed by atoms with Crippen LogP contribution in [0.15, 0.2) is 0 Å². The van der Waals surface area contributed by atoms with Crippen molar-refractivity contribution in [1.82, 2.24) is 0 Å². The van der Waals surface area contributed by atoms with Gasteiger partial charge in [0.05, 0.1) is 0 Å². The molecule has 0 aromatic rings. The average Bonchev–Trinajstić information content (AvgIpc) is 2.05. The van der Waals surface area contributed by atoms with E-state index in [1.807, 2.05) is 0 Å². The van der Waals surface area contributed by atoms with E-state index in [9.17, 15) is 4.21 Å². The van der Waals surface area contributed by atoms with Gasteiger partial charge in [-0.05, 0) is 12.8 Å². The molecule has 1 rings (SSSR count). The van der Waals surface area contributed by atoms with E-state index in [2.05, 4.69) is 5.92 Å². The SMILES string of the molecule is C#CC1(S(=O)O)CCCCC1. The zero-order valence-electron chi connectivity index (χ0n) is 6.38. The second-order valence-corrected chi connectivity index (χ2v) is 4.23. The topological polar surface area (TPSA) is 37.3 Å². The molecule has 1 unspecified atom stereocenters. The van der Waals surface area contributed by atoms with Crippen LogP contribution in [0, 0.1) is 12.3 Å². The highest BCUT2D eigenvalue weighted by molar-refractivity contribution is 7.81. The molecule has 1 aliphatic carbocycles. The molecule has 1 saturated carbocycles. The first kappa shape index (κ1) is 8.76. The molecule has 0 aliphatic heterocycles. The first-order valence-corrected chi connectivity index (χ1v) is 4.91. The minimum atomic E-state index is -1.85. The molecule has 0 spiro atoms. The molecule has 1 atom stereocenters. The highest BCUT2D eigenvalue weighted by Crippen LogP contribution is 2.31. The number of terminal acetylenes is 1. The normalized spacial score (nSPS) is 25.5. The summed E-state index contributed by atoms with van der Waals surface area (Å²) in [6, 6.07) is 0. The van der Waals surface area contributed by atoms with Gasteiger partial charge in [-0.1, -0.05) is 25.2 Å². The lowest BCUT2D eigenvalue weighted by atomic mass is 9.89. The van der Waals surface area contributed by atoms with Gasteiger partial charge in [0, 0.05) is 0 Å². The van der Waals surface area contributed by atoms with Crippen molar-refractivity contribution in [2.24, 2.45) is 0 Å². The van der Waals surface area contributed by atoms with Gasteiger partial charge >= 0.3 is 0 Å². The van der Waals surface area contributed by atoms with E-state index in [0.29, 0.717) is 12.8 Å². The van der Waals surface area contributed by atoms with Gasteiger partial charge in [0.2, 0.25) is 0 Å². The molecule has 1 N–H and O–H groups in total. The van der Waals surface area contributed by atoms with Gasteiger partial charge in [-0.25, -0.2) is 4.21 Å². The van der Waals surface area contributed by atoms with Gasteiger partial charge < -0.3 is 4.55 Å². The van der Waals surface area contributed by atoms with Crippen LogP contribution in [0.2, 0.25) is 0 Å². The molecule has 0 amide bonds. The fourth-order valence-electron chi connectivity index (χ4n) is 1.49. The van der Waals surface area contributed by atoms with Crippen molar-refractivity contribution in [3.05, 3.63) is 0 Å². The Hall–Kier alpha value is -0.330. The molecule has 11 heavy (non-hydrogen) atoms. The molecule has 0 aromatic carbocycles. The van der Waals surface area contributed by atoms with Crippen molar-refractivity contribution in [2.75, 3.05) is 0 Å². The Labute approximate surface area is 69.7 Å². The van der Waals surface area contributed by atoms with Gasteiger partial charge in [0.15, 0.2) is 11.1 Å². The van der Waals surface area contributed by atoms with Gasteiger partial charge in [-0.3, -0.25) is 0 Å². The van der Waals surface area contributed by atoms with Crippen LogP contribution in [0.5, 0.6) is 0 Å². The molecule has 0 radical (unpaired) electrons. The maximum atomic E-state index is 10.9. The van der Waals surface area contributed by atoms with E-state index < -0.39 is 15.8 Å². The number of hydrogen-bond donors (Lipinski definition) is 1. The fourth-order valence-corrected chi connectivity index (χ4v) is 2.23. The van der Waals surface area contributed by atoms with Crippen LogP contribution >= 0.6 is 0 Å². The third-order valence-electron chi connectivity index (χ3n) is 2.26. The molecule has 62 valence electrons. The van der Waals surface area contributed by atoms with Gasteiger partial charge in [0.25, 0.3) is 0 Å². The van der Waals surface area contributed by atoms with E-state index in [1.54, 1.807) is 0 Å². The summed E-state index contributed by atoms with van der Waals surface area (Å²) < 4.78 is 19.1. The molecule has 1 fully saturated rings. The van der Waals surface area contributed by atoms with Crippen molar-refractivity contribution in [3.63, 3.8) is 0 Å². The van der Waals surface area contributed by atoms with Crippen LogP contribution in [0.3, 0.4) is 0 Å². The highest BCUT2D eigenvalue weighted by atomic mass is 32.2. The molecule has 0 saturated heterocycles. The minimum Gasteiger partial charge on any atom is -0.305 e. The van der Waals surface area contributed by atoms with E-state index in [-0.39, 0.29) is 0 Å². The lowest BCUT2D eigenvalue weighted by Crippen LogP contribution is -2.34. The maximum Gasteiger partial charge on any atom is 0.171 e. The Morgan fingerprint density at radius 2 is 1.91 bits per heavy atom. The fraction of sp³-hybridized carbons (Fsp3) is 0.750. The van der Waals surface area contributed by atoms with Gasteiger partial charge in [0.1, 0.15) is 4.75 Å². The van der Waals surface area contributed by atoms with Crippen LogP contribution in [-0.4, -0.2) is 13.5 Å². The summed E-state index contributed by atoms with van der Waals surface area (Å²) in [6.07, 6.45) is 9.74. The summed E-state index contributed by atoms with van der Waals surface area (Å²) in [5.41, 5.74) is 0. The Morgan fingerprint density at radius 3 is 2.18 bits per heavy atom. The third-order valence-corrected chi connectivity index (χ3v) is 3.45. The molecule has 0 heterocycles. The van der Waals surface area contributed by atoms with E-state index in [4.69, 9.17) is 11.0 Å². The molecular weight excluding hydrogens is 160 g/mol. The predicted molar refractivity (Wildman–Crippen MR) is 45.4 cm³/mol. The van der Waals surface area contributed by atoms with Crippen LogP contribution < -0.4 is 0 Å². The van der Waals surface area contributed by atoms with Crippen molar-refractivity contribution in [3.8, 4) is 12.3 Å². The standard InChI is InChI=1S/C8H12O2S/c1-2-8(11(9)10)6-4-3-5-7-8/h1H,3-7H2,(H,9,10). The lowest BCUT2D eigenvalue weighted by molar-refractivity contribution is 0.423. The zero-order chi connectivity index (χ0) is 8.32. The van der Waals surface area contributed by atoms with Gasteiger partial charge in [-0.15, -0.1) is 6.42 Å². The Bertz CT molecular complexity index is 199. The Balaban J connectivity index is 2.75. The summed E-state index contributed by atoms with van der Waals surface area (Å²) in [4.78, 5) is 0. The summed E-state index contributed by atoms with van der Waals surface area (Å²) in [5.74, 6) is 2.47. The molecule has 0 bridgehead atoms. The first-order chi connectivity index (χ1) is 5.21. The summed E-state index contributed by atoms with van der Waals surface area (Å²) >= 11 is -1.85. The minimum absolute atomic E-state index is 0.701. The van der Waals surface area contributed by atoms with Crippen molar-refractivity contribution in [2.45, 2.75) is 36.9 Å². The van der Waals surface area contributed by atoms with E-state index >= 15 is 0 Å². The Kier molecular flexibility index (Phi) is 2.69. The van der Waals surface area contributed by atoms with E-state index in [0.717, 1.165) is 19.3 Å². The Morgan fingerprint density at radius 1 is 1.36 bits per heavy atom. The smallest absolute Gasteiger partial charge is 0.171 e. The maximum absolute atomic E-state index is 10.9. The molecule has 1 aliphatic rings. The monoisotopic (exact) mass is 172 g/mol. The highest BCUT2D eigenvalue weighted by Gasteiger charge is 2.35. The second kappa shape index (κ2) is 3.38. The van der Waals surface area contributed by atoms with Crippen LogP contribution in [0.1, 0.15) is 32.1 Å². The van der Waals surface area contributed by atoms with Crippen molar-refractivity contribution >= 4 is 11.1 Å². The van der Waals surface area contributed by atoms with Crippen LogP contribution in [0.25, 0.3) is 0 Å². The second-order valence-electron chi connectivity index (χ2n) is 2.95. The first-order valence-electron chi connectivity index (χ1n) is 3.80. The summed E-state index contributed by atoms with van der Waals surface area (Å²) in [6.45, 7) is 0. The van der Waals surface area contributed by atoms with Gasteiger partial charge in [-0.2, -0.15) is 0 Å². The van der Waals surface area contributed by atoms with Crippen LogP contribution in [-0.2, 0) is 11.1 Å². The van der Waals surface area contributed by atoms with Crippen LogP contribution in [0.4, 0.5) is 0 Å². The zero-order valence-corrected chi connectivity index (χ0v) is 7.19. The number of rotatable bonds is 1.